The molecule has 1 heterocycles. The molecule has 0 saturated heterocycles. The van der Waals surface area contributed by atoms with Gasteiger partial charge >= 0.3 is 0 Å². The molecule has 0 saturated carbocycles. The van der Waals surface area contributed by atoms with E-state index in [0.29, 0.717) is 16.6 Å². The van der Waals surface area contributed by atoms with Crippen LogP contribution >= 0.6 is 0 Å². The van der Waals surface area contributed by atoms with Gasteiger partial charge in [-0.05, 0) is 30.3 Å². The van der Waals surface area contributed by atoms with Crippen molar-refractivity contribution in [1.29, 1.82) is 0 Å². The lowest BCUT2D eigenvalue weighted by Gasteiger charge is -2.05. The molecular weight excluding hydrogens is 276 g/mol. The summed E-state index contributed by atoms with van der Waals surface area (Å²) in [6, 6.07) is 8.33. The van der Waals surface area contributed by atoms with Gasteiger partial charge in [-0.25, -0.2) is 8.78 Å². The van der Waals surface area contributed by atoms with Crippen LogP contribution < -0.4 is 11.1 Å². The summed E-state index contributed by atoms with van der Waals surface area (Å²) in [5.74, 6) is -2.42. The Hall–Kier alpha value is -2.89. The van der Waals surface area contributed by atoms with Crippen LogP contribution in [-0.2, 0) is 0 Å². The molecule has 3 rings (SSSR count). The van der Waals surface area contributed by atoms with Gasteiger partial charge < -0.3 is 16.0 Å². The second-order valence-corrected chi connectivity index (χ2v) is 4.59. The SMILES string of the molecule is Nc1ccc2[nH]cc(C(=O)Nc3ccc(F)c(F)c3)c2c1. The van der Waals surface area contributed by atoms with Crippen LogP contribution in [0.15, 0.2) is 42.6 Å². The van der Waals surface area contributed by atoms with E-state index >= 15 is 0 Å². The fourth-order valence-electron chi connectivity index (χ4n) is 2.10. The van der Waals surface area contributed by atoms with Crippen LogP contribution in [0.2, 0.25) is 0 Å². The summed E-state index contributed by atoms with van der Waals surface area (Å²) in [7, 11) is 0. The Labute approximate surface area is 118 Å². The number of amides is 1. The number of aromatic nitrogens is 1. The van der Waals surface area contributed by atoms with E-state index in [4.69, 9.17) is 5.73 Å². The molecule has 0 bridgehead atoms. The highest BCUT2D eigenvalue weighted by atomic mass is 19.2. The van der Waals surface area contributed by atoms with E-state index in [2.05, 4.69) is 10.3 Å². The van der Waals surface area contributed by atoms with E-state index in [9.17, 15) is 13.6 Å². The number of halogens is 2. The Morgan fingerprint density at radius 2 is 1.90 bits per heavy atom. The topological polar surface area (TPSA) is 70.9 Å². The van der Waals surface area contributed by atoms with E-state index in [1.54, 1.807) is 24.4 Å². The van der Waals surface area contributed by atoms with Gasteiger partial charge in [-0.3, -0.25) is 4.79 Å². The number of carbonyl (C=O) groups is 1. The average Bonchev–Trinajstić information content (AvgIpc) is 2.86. The highest BCUT2D eigenvalue weighted by Crippen LogP contribution is 2.22. The maximum Gasteiger partial charge on any atom is 0.257 e. The van der Waals surface area contributed by atoms with Gasteiger partial charge in [0.05, 0.1) is 5.56 Å². The first kappa shape index (κ1) is 13.1. The number of carbonyl (C=O) groups excluding carboxylic acids is 1. The first-order valence-corrected chi connectivity index (χ1v) is 6.17. The zero-order chi connectivity index (χ0) is 15.0. The van der Waals surface area contributed by atoms with Crippen molar-refractivity contribution >= 4 is 28.2 Å². The molecule has 2 aromatic carbocycles. The number of rotatable bonds is 2. The average molecular weight is 287 g/mol. The maximum absolute atomic E-state index is 13.1. The molecule has 0 aliphatic rings. The summed E-state index contributed by atoms with van der Waals surface area (Å²) in [5.41, 5.74) is 7.55. The number of hydrogen-bond donors (Lipinski definition) is 3. The normalized spacial score (nSPS) is 10.8. The van der Waals surface area contributed by atoms with Crippen LogP contribution in [0.25, 0.3) is 10.9 Å². The van der Waals surface area contributed by atoms with Gasteiger partial charge in [-0.15, -0.1) is 0 Å². The number of nitrogen functional groups attached to an aromatic ring is 1. The summed E-state index contributed by atoms with van der Waals surface area (Å²) in [6.07, 6.45) is 1.54. The van der Waals surface area contributed by atoms with Crippen molar-refractivity contribution in [2.24, 2.45) is 0 Å². The lowest BCUT2D eigenvalue weighted by molar-refractivity contribution is 0.102. The number of hydrogen-bond acceptors (Lipinski definition) is 2. The number of benzene rings is 2. The molecular formula is C15H11F2N3O. The van der Waals surface area contributed by atoms with Gasteiger partial charge in [0.15, 0.2) is 11.6 Å². The van der Waals surface area contributed by atoms with Crippen molar-refractivity contribution in [3.8, 4) is 0 Å². The highest BCUT2D eigenvalue weighted by Gasteiger charge is 2.13. The number of anilines is 2. The Morgan fingerprint density at radius 1 is 1.10 bits per heavy atom. The molecule has 0 aliphatic heterocycles. The van der Waals surface area contributed by atoms with Crippen LogP contribution in [0.3, 0.4) is 0 Å². The number of H-pyrrole nitrogens is 1. The lowest BCUT2D eigenvalue weighted by Crippen LogP contribution is -2.11. The van der Waals surface area contributed by atoms with Crippen LogP contribution in [0.4, 0.5) is 20.2 Å². The summed E-state index contributed by atoms with van der Waals surface area (Å²) in [6.45, 7) is 0. The van der Waals surface area contributed by atoms with E-state index in [1.165, 1.54) is 6.07 Å². The molecule has 1 aromatic heterocycles. The van der Waals surface area contributed by atoms with Gasteiger partial charge in [0, 0.05) is 34.5 Å². The fourth-order valence-corrected chi connectivity index (χ4v) is 2.10. The lowest BCUT2D eigenvalue weighted by atomic mass is 10.1. The minimum atomic E-state index is -1.02. The second kappa shape index (κ2) is 4.90. The number of aromatic amines is 1. The molecule has 21 heavy (non-hydrogen) atoms. The third kappa shape index (κ3) is 2.43. The molecule has 0 spiro atoms. The third-order valence-electron chi connectivity index (χ3n) is 3.13. The number of fused-ring (bicyclic) bond motifs is 1. The number of nitrogens with two attached hydrogens (primary N) is 1. The van der Waals surface area contributed by atoms with Crippen molar-refractivity contribution in [2.75, 3.05) is 11.1 Å². The smallest absolute Gasteiger partial charge is 0.257 e. The molecule has 106 valence electrons. The second-order valence-electron chi connectivity index (χ2n) is 4.59. The molecule has 4 nitrogen and oxygen atoms in total. The number of nitrogens with one attached hydrogen (secondary N) is 2. The van der Waals surface area contributed by atoms with Crippen molar-refractivity contribution in [3.05, 3.63) is 59.8 Å². The Morgan fingerprint density at radius 3 is 2.67 bits per heavy atom. The molecule has 0 unspecified atom stereocenters. The molecule has 0 atom stereocenters. The first-order chi connectivity index (χ1) is 10.0. The zero-order valence-electron chi connectivity index (χ0n) is 10.8. The summed E-state index contributed by atoms with van der Waals surface area (Å²) in [4.78, 5) is 15.2. The van der Waals surface area contributed by atoms with Gasteiger partial charge in [0.25, 0.3) is 5.91 Å². The summed E-state index contributed by atoms with van der Waals surface area (Å²) < 4.78 is 26.0. The summed E-state index contributed by atoms with van der Waals surface area (Å²) in [5, 5.41) is 3.18. The van der Waals surface area contributed by atoms with Crippen LogP contribution in [0.1, 0.15) is 10.4 Å². The van der Waals surface area contributed by atoms with Gasteiger partial charge in [-0.2, -0.15) is 0 Å². The zero-order valence-corrected chi connectivity index (χ0v) is 10.8. The van der Waals surface area contributed by atoms with E-state index in [1.807, 2.05) is 0 Å². The fraction of sp³-hybridized carbons (Fsp3) is 0. The van der Waals surface area contributed by atoms with E-state index < -0.39 is 17.5 Å². The van der Waals surface area contributed by atoms with Gasteiger partial charge in [0.1, 0.15) is 0 Å². The van der Waals surface area contributed by atoms with Crippen molar-refractivity contribution < 1.29 is 13.6 Å². The minimum Gasteiger partial charge on any atom is -0.399 e. The molecule has 6 heteroatoms. The molecule has 0 fully saturated rings. The Kier molecular flexibility index (Phi) is 3.06. The predicted molar refractivity (Wildman–Crippen MR) is 77.0 cm³/mol. The Bertz CT molecular complexity index is 842. The molecule has 1 amide bonds. The highest BCUT2D eigenvalue weighted by molar-refractivity contribution is 6.13. The molecule has 0 radical (unpaired) electrons. The standard InChI is InChI=1S/C15H11F2N3O/c16-12-3-2-9(6-13(12)17)20-15(21)11-7-19-14-4-1-8(18)5-10(11)14/h1-7,19H,18H2,(H,20,21). The van der Waals surface area contributed by atoms with E-state index in [-0.39, 0.29) is 5.69 Å². The van der Waals surface area contributed by atoms with E-state index in [0.717, 1.165) is 17.6 Å². The molecule has 3 aromatic rings. The van der Waals surface area contributed by atoms with Crippen LogP contribution in [0.5, 0.6) is 0 Å². The van der Waals surface area contributed by atoms with Crippen molar-refractivity contribution in [2.45, 2.75) is 0 Å². The maximum atomic E-state index is 13.1. The van der Waals surface area contributed by atoms with Crippen LogP contribution in [-0.4, -0.2) is 10.9 Å². The monoisotopic (exact) mass is 287 g/mol. The first-order valence-electron chi connectivity index (χ1n) is 6.17. The van der Waals surface area contributed by atoms with Crippen LogP contribution in [0, 0.1) is 11.6 Å². The third-order valence-corrected chi connectivity index (χ3v) is 3.13. The van der Waals surface area contributed by atoms with Crippen molar-refractivity contribution in [3.63, 3.8) is 0 Å². The quantitative estimate of drug-likeness (QED) is 0.633. The molecule has 0 aliphatic carbocycles. The largest absolute Gasteiger partial charge is 0.399 e. The van der Waals surface area contributed by atoms with Crippen molar-refractivity contribution in [1.82, 2.24) is 4.98 Å². The molecule has 4 N–H and O–H groups in total. The van der Waals surface area contributed by atoms with Gasteiger partial charge in [-0.1, -0.05) is 0 Å². The van der Waals surface area contributed by atoms with Gasteiger partial charge in [0.2, 0.25) is 0 Å². The Balaban J connectivity index is 1.93. The predicted octanol–water partition coefficient (Wildman–Crippen LogP) is 3.28. The summed E-state index contributed by atoms with van der Waals surface area (Å²) >= 11 is 0. The minimum absolute atomic E-state index is 0.178.